The number of ether oxygens (including phenoxy) is 1. The van der Waals surface area contributed by atoms with Crippen LogP contribution in [0.3, 0.4) is 0 Å². The lowest BCUT2D eigenvalue weighted by atomic mass is 9.88. The van der Waals surface area contributed by atoms with Crippen molar-refractivity contribution >= 4 is 23.3 Å². The molecule has 0 bridgehead atoms. The van der Waals surface area contributed by atoms with Crippen molar-refractivity contribution in [1.29, 1.82) is 0 Å². The minimum atomic E-state index is -1.51. The Morgan fingerprint density at radius 2 is 2.00 bits per heavy atom. The smallest absolute Gasteiger partial charge is 0.256 e. The number of hydrogen-bond acceptors (Lipinski definition) is 2. The van der Waals surface area contributed by atoms with E-state index < -0.39 is 8.32 Å². The van der Waals surface area contributed by atoms with E-state index >= 15 is 0 Å². The lowest BCUT2D eigenvalue weighted by molar-refractivity contribution is 0.355. The number of fused-ring (bicyclic) bond motifs is 1. The molecule has 2 fully saturated rings. The maximum absolute atomic E-state index is 6.28. The maximum atomic E-state index is 6.28. The van der Waals surface area contributed by atoms with Crippen LogP contribution in [-0.2, 0) is 8.85 Å². The number of benzene rings is 1. The summed E-state index contributed by atoms with van der Waals surface area (Å²) in [4.78, 5) is 0. The topological polar surface area (TPSA) is 21.8 Å². The van der Waals surface area contributed by atoms with Gasteiger partial charge in [0.1, 0.15) is 0 Å². The molecule has 20 heavy (non-hydrogen) atoms. The molecule has 2 radical (unpaired) electrons. The highest BCUT2D eigenvalue weighted by Crippen LogP contribution is 2.41. The second kappa shape index (κ2) is 6.14. The van der Waals surface area contributed by atoms with E-state index in [9.17, 15) is 0 Å². The van der Waals surface area contributed by atoms with E-state index in [1.165, 1.54) is 36.9 Å². The Hall–Kier alpha value is -0.426. The zero-order valence-electron chi connectivity index (χ0n) is 12.5. The molecule has 0 N–H and O–H groups in total. The van der Waals surface area contributed by atoms with E-state index in [1.54, 1.807) is 0 Å². The largest absolute Gasteiger partial charge is 0.453 e. The summed E-state index contributed by atoms with van der Waals surface area (Å²) in [6, 6.07) is 11.9. The van der Waals surface area contributed by atoms with E-state index in [2.05, 4.69) is 43.4 Å². The summed E-state index contributed by atoms with van der Waals surface area (Å²) in [6.07, 6.45) is 6.55. The lowest BCUT2D eigenvalue weighted by Gasteiger charge is -2.26. The molecule has 1 saturated carbocycles. The highest BCUT2D eigenvalue weighted by Gasteiger charge is 2.43. The van der Waals surface area contributed by atoms with Gasteiger partial charge in [0.05, 0.1) is 12.2 Å². The molecule has 1 saturated heterocycles. The number of hydrogen-bond donors (Lipinski definition) is 0. The van der Waals surface area contributed by atoms with Crippen molar-refractivity contribution in [3.63, 3.8) is 0 Å². The fourth-order valence-corrected chi connectivity index (χ4v) is 6.47. The second-order valence-corrected chi connectivity index (χ2v) is 12.4. The highest BCUT2D eigenvalue weighted by molar-refractivity contribution is 6.76. The molecule has 2 nitrogen and oxygen atoms in total. The standard InChI is InChI=1S/C16H24O2Si2/c1-20(2,18-19-14-6-4-3-5-7-14)11-10-13-8-9-15-16(12-13)17-15/h3-7,13,15-16H,8-12H2,1-2H3. The average molecular weight is 305 g/mol. The van der Waals surface area contributed by atoms with Gasteiger partial charge >= 0.3 is 0 Å². The highest BCUT2D eigenvalue weighted by atomic mass is 28.4. The fourth-order valence-electron chi connectivity index (χ4n) is 3.05. The van der Waals surface area contributed by atoms with Gasteiger partial charge in [0.25, 0.3) is 9.76 Å². The minimum Gasteiger partial charge on any atom is -0.453 e. The van der Waals surface area contributed by atoms with Gasteiger partial charge in [-0.25, -0.2) is 0 Å². The van der Waals surface area contributed by atoms with Crippen molar-refractivity contribution in [3.05, 3.63) is 30.3 Å². The van der Waals surface area contributed by atoms with Crippen molar-refractivity contribution in [2.24, 2.45) is 5.92 Å². The molecule has 108 valence electrons. The van der Waals surface area contributed by atoms with Gasteiger partial charge in [-0.15, -0.1) is 0 Å². The fraction of sp³-hybridized carbons (Fsp3) is 0.625. The summed E-state index contributed by atoms with van der Waals surface area (Å²) in [7, 11) is -0.992. The van der Waals surface area contributed by atoms with Crippen LogP contribution in [0, 0.1) is 5.92 Å². The zero-order chi connectivity index (χ0) is 14.0. The van der Waals surface area contributed by atoms with Crippen LogP contribution in [-0.4, -0.2) is 30.3 Å². The zero-order valence-corrected chi connectivity index (χ0v) is 14.5. The molecule has 4 heteroatoms. The summed E-state index contributed by atoms with van der Waals surface area (Å²) >= 11 is 0. The Kier molecular flexibility index (Phi) is 4.45. The monoisotopic (exact) mass is 304 g/mol. The Morgan fingerprint density at radius 3 is 2.75 bits per heavy atom. The maximum Gasteiger partial charge on any atom is 0.256 e. The molecule has 1 aliphatic heterocycles. The first-order valence-corrected chi connectivity index (χ1v) is 11.8. The van der Waals surface area contributed by atoms with Gasteiger partial charge in [0, 0.05) is 0 Å². The summed E-state index contributed by atoms with van der Waals surface area (Å²) in [5, 5.41) is 1.32. The molecule has 1 aromatic rings. The first-order chi connectivity index (χ1) is 9.62. The Balaban J connectivity index is 1.41. The molecule has 3 rings (SSSR count). The van der Waals surface area contributed by atoms with Gasteiger partial charge in [-0.1, -0.05) is 36.8 Å². The van der Waals surface area contributed by atoms with Gasteiger partial charge in [-0.3, -0.25) is 0 Å². The molecule has 0 amide bonds. The third-order valence-corrected chi connectivity index (χ3v) is 9.17. The van der Waals surface area contributed by atoms with Crippen molar-refractivity contribution < 1.29 is 8.85 Å². The van der Waals surface area contributed by atoms with E-state index in [0.717, 1.165) is 5.92 Å². The third kappa shape index (κ3) is 4.04. The molecule has 1 aromatic carbocycles. The van der Waals surface area contributed by atoms with Gasteiger partial charge in [-0.2, -0.15) is 0 Å². The van der Waals surface area contributed by atoms with Gasteiger partial charge < -0.3 is 8.85 Å². The van der Waals surface area contributed by atoms with Crippen molar-refractivity contribution in [2.45, 2.75) is 57.0 Å². The SMILES string of the molecule is C[Si](C)(CCC1CCC2OC2C1)O[Si]c1ccccc1. The molecule has 3 atom stereocenters. The van der Waals surface area contributed by atoms with Gasteiger partial charge in [0.2, 0.25) is 0 Å². The molecule has 1 aliphatic carbocycles. The van der Waals surface area contributed by atoms with Crippen LogP contribution in [0.4, 0.5) is 0 Å². The quantitative estimate of drug-likeness (QED) is 0.595. The van der Waals surface area contributed by atoms with Crippen molar-refractivity contribution in [2.75, 3.05) is 0 Å². The van der Waals surface area contributed by atoms with Crippen molar-refractivity contribution in [3.8, 4) is 0 Å². The molecule has 0 aromatic heterocycles. The van der Waals surface area contributed by atoms with Crippen LogP contribution < -0.4 is 5.19 Å². The van der Waals surface area contributed by atoms with Crippen LogP contribution in [0.25, 0.3) is 0 Å². The first kappa shape index (κ1) is 14.5. The first-order valence-electron chi connectivity index (χ1n) is 7.77. The van der Waals surface area contributed by atoms with Crippen LogP contribution in [0.15, 0.2) is 30.3 Å². The van der Waals surface area contributed by atoms with Crippen LogP contribution in [0.2, 0.25) is 19.1 Å². The van der Waals surface area contributed by atoms with Crippen molar-refractivity contribution in [1.82, 2.24) is 0 Å². The molecular weight excluding hydrogens is 280 g/mol. The minimum absolute atomic E-state index is 0.515. The lowest BCUT2D eigenvalue weighted by Crippen LogP contribution is -2.36. The predicted octanol–water partition coefficient (Wildman–Crippen LogP) is 3.11. The third-order valence-electron chi connectivity index (χ3n) is 4.49. The molecule has 2 aliphatic rings. The summed E-state index contributed by atoms with van der Waals surface area (Å²) in [5.41, 5.74) is 0. The Labute approximate surface area is 125 Å². The Bertz CT molecular complexity index is 435. The van der Waals surface area contributed by atoms with E-state index in [4.69, 9.17) is 8.85 Å². The van der Waals surface area contributed by atoms with E-state index in [-0.39, 0.29) is 0 Å². The number of rotatable bonds is 6. The normalized spacial score (nSPS) is 29.0. The van der Waals surface area contributed by atoms with Crippen LogP contribution in [0.1, 0.15) is 25.7 Å². The van der Waals surface area contributed by atoms with Gasteiger partial charge in [-0.05, 0) is 49.5 Å². The van der Waals surface area contributed by atoms with Crippen LogP contribution in [0.5, 0.6) is 0 Å². The van der Waals surface area contributed by atoms with E-state index in [0.29, 0.717) is 22.0 Å². The second-order valence-electron chi connectivity index (χ2n) is 6.76. The van der Waals surface area contributed by atoms with E-state index in [1.807, 2.05) is 0 Å². The molecular formula is C16H24O2Si2. The summed E-state index contributed by atoms with van der Waals surface area (Å²) in [5.74, 6) is 0.884. The molecule has 1 heterocycles. The number of epoxide rings is 1. The predicted molar refractivity (Wildman–Crippen MR) is 85.8 cm³/mol. The van der Waals surface area contributed by atoms with Crippen LogP contribution >= 0.6 is 0 Å². The van der Waals surface area contributed by atoms with Gasteiger partial charge in [0.15, 0.2) is 8.32 Å². The summed E-state index contributed by atoms with van der Waals surface area (Å²) < 4.78 is 11.9. The Morgan fingerprint density at radius 1 is 1.20 bits per heavy atom. The average Bonchev–Trinajstić information content (AvgIpc) is 3.23. The molecule has 0 spiro atoms. The molecule has 3 unspecified atom stereocenters. The summed E-state index contributed by atoms with van der Waals surface area (Å²) in [6.45, 7) is 4.73.